The van der Waals surface area contributed by atoms with Crippen molar-refractivity contribution in [2.75, 3.05) is 6.54 Å². The fourth-order valence-electron chi connectivity index (χ4n) is 1.80. The van der Waals surface area contributed by atoms with E-state index >= 15 is 0 Å². The molecule has 1 heterocycles. The van der Waals surface area contributed by atoms with Gasteiger partial charge in [-0.1, -0.05) is 23.7 Å². The molecule has 0 aliphatic heterocycles. The van der Waals surface area contributed by atoms with Gasteiger partial charge in [0, 0.05) is 18.1 Å². The molecule has 1 aromatic carbocycles. The van der Waals surface area contributed by atoms with E-state index in [2.05, 4.69) is 15.9 Å². The van der Waals surface area contributed by atoms with Crippen molar-refractivity contribution in [1.29, 1.82) is 0 Å². The Morgan fingerprint density at radius 3 is 2.79 bits per heavy atom. The summed E-state index contributed by atoms with van der Waals surface area (Å²) in [6.45, 7) is 3.08. The van der Waals surface area contributed by atoms with Gasteiger partial charge in [-0.2, -0.15) is 0 Å². The zero-order valence-corrected chi connectivity index (χ0v) is 12.7. The van der Waals surface area contributed by atoms with Crippen molar-refractivity contribution in [3.05, 3.63) is 57.4 Å². The number of nitrogens with zero attached hydrogens (tertiary/aromatic N) is 1. The Bertz CT molecular complexity index is 582. The highest BCUT2D eigenvalue weighted by molar-refractivity contribution is 9.10. The van der Waals surface area contributed by atoms with Gasteiger partial charge in [0.2, 0.25) is 0 Å². The smallest absolute Gasteiger partial charge is 0.258 e. The number of furan rings is 1. The molecule has 3 nitrogen and oxygen atoms in total. The molecule has 0 spiro atoms. The Morgan fingerprint density at radius 1 is 1.42 bits per heavy atom. The van der Waals surface area contributed by atoms with Crippen LogP contribution in [-0.4, -0.2) is 17.4 Å². The van der Waals surface area contributed by atoms with Crippen LogP contribution in [0.1, 0.15) is 22.8 Å². The molecule has 0 saturated carbocycles. The monoisotopic (exact) mass is 341 g/mol. The standard InChI is InChI=1S/C14H13BrClNO2/c1-2-17(9-10-4-3-5-11(16)8-10)14(18)12-6-7-19-13(12)15/h3-8H,2,9H2,1H3. The summed E-state index contributed by atoms with van der Waals surface area (Å²) < 4.78 is 5.56. The molecule has 1 amide bonds. The first kappa shape index (κ1) is 14.2. The molecule has 2 rings (SSSR count). The van der Waals surface area contributed by atoms with Gasteiger partial charge in [0.05, 0.1) is 11.8 Å². The topological polar surface area (TPSA) is 33.5 Å². The number of halogens is 2. The van der Waals surface area contributed by atoms with Gasteiger partial charge in [0.25, 0.3) is 5.91 Å². The molecule has 5 heteroatoms. The number of rotatable bonds is 4. The maximum absolute atomic E-state index is 12.4. The molecule has 0 radical (unpaired) electrons. The quantitative estimate of drug-likeness (QED) is 0.827. The van der Waals surface area contributed by atoms with Gasteiger partial charge in [-0.3, -0.25) is 4.79 Å². The maximum atomic E-state index is 12.4. The molecule has 100 valence electrons. The summed E-state index contributed by atoms with van der Waals surface area (Å²) in [5, 5.41) is 0.672. The molecule has 0 aliphatic carbocycles. The third kappa shape index (κ3) is 3.39. The zero-order chi connectivity index (χ0) is 13.8. The van der Waals surface area contributed by atoms with E-state index in [0.717, 1.165) is 5.56 Å². The predicted molar refractivity (Wildman–Crippen MR) is 78.3 cm³/mol. The minimum Gasteiger partial charge on any atom is -0.457 e. The van der Waals surface area contributed by atoms with Crippen molar-refractivity contribution >= 4 is 33.4 Å². The van der Waals surface area contributed by atoms with Gasteiger partial charge in [-0.15, -0.1) is 0 Å². The fraction of sp³-hybridized carbons (Fsp3) is 0.214. The van der Waals surface area contributed by atoms with Crippen molar-refractivity contribution in [3.8, 4) is 0 Å². The van der Waals surface area contributed by atoms with Crippen LogP contribution in [0.5, 0.6) is 0 Å². The number of hydrogen-bond acceptors (Lipinski definition) is 2. The van der Waals surface area contributed by atoms with E-state index in [1.54, 1.807) is 11.0 Å². The molecule has 0 atom stereocenters. The second-order valence-corrected chi connectivity index (χ2v) is 5.21. The van der Waals surface area contributed by atoms with E-state index < -0.39 is 0 Å². The summed E-state index contributed by atoms with van der Waals surface area (Å²) in [6.07, 6.45) is 1.49. The Kier molecular flexibility index (Phi) is 4.66. The minimum atomic E-state index is -0.0666. The summed E-state index contributed by atoms with van der Waals surface area (Å²) in [7, 11) is 0. The van der Waals surface area contributed by atoms with Crippen LogP contribution in [-0.2, 0) is 6.54 Å². The van der Waals surface area contributed by atoms with Gasteiger partial charge in [0.1, 0.15) is 0 Å². The van der Waals surface area contributed by atoms with E-state index in [4.69, 9.17) is 16.0 Å². The second kappa shape index (κ2) is 6.26. The van der Waals surface area contributed by atoms with Crippen LogP contribution in [0.15, 0.2) is 45.7 Å². The largest absolute Gasteiger partial charge is 0.457 e. The van der Waals surface area contributed by atoms with Crippen LogP contribution < -0.4 is 0 Å². The zero-order valence-electron chi connectivity index (χ0n) is 10.4. The maximum Gasteiger partial charge on any atom is 0.258 e. The minimum absolute atomic E-state index is 0.0666. The average Bonchev–Trinajstić information content (AvgIpc) is 2.81. The molecule has 0 fully saturated rings. The van der Waals surface area contributed by atoms with Crippen molar-refractivity contribution in [1.82, 2.24) is 4.90 Å². The molecular weight excluding hydrogens is 330 g/mol. The van der Waals surface area contributed by atoms with Crippen LogP contribution in [0.2, 0.25) is 5.02 Å². The first-order valence-electron chi connectivity index (χ1n) is 5.88. The van der Waals surface area contributed by atoms with Gasteiger partial charge in [-0.25, -0.2) is 0 Å². The lowest BCUT2D eigenvalue weighted by atomic mass is 10.2. The lowest BCUT2D eigenvalue weighted by Crippen LogP contribution is -2.30. The molecule has 1 aromatic heterocycles. The van der Waals surface area contributed by atoms with Crippen molar-refractivity contribution in [2.45, 2.75) is 13.5 Å². The van der Waals surface area contributed by atoms with Crippen LogP contribution in [0, 0.1) is 0 Å². The van der Waals surface area contributed by atoms with Crippen LogP contribution >= 0.6 is 27.5 Å². The van der Waals surface area contributed by atoms with Crippen LogP contribution in [0.3, 0.4) is 0 Å². The van der Waals surface area contributed by atoms with Crippen molar-refractivity contribution in [3.63, 3.8) is 0 Å². The Labute approximate surface area is 125 Å². The Hall–Kier alpha value is -1.26. The van der Waals surface area contributed by atoms with Crippen molar-refractivity contribution < 1.29 is 9.21 Å². The fourth-order valence-corrected chi connectivity index (χ4v) is 2.42. The third-order valence-electron chi connectivity index (χ3n) is 2.78. The molecule has 2 aromatic rings. The number of amides is 1. The van der Waals surface area contributed by atoms with E-state index in [-0.39, 0.29) is 5.91 Å². The lowest BCUT2D eigenvalue weighted by molar-refractivity contribution is 0.0750. The summed E-state index contributed by atoms with van der Waals surface area (Å²) >= 11 is 9.18. The summed E-state index contributed by atoms with van der Waals surface area (Å²) in [5.41, 5.74) is 1.53. The number of hydrogen-bond donors (Lipinski definition) is 0. The number of carbonyl (C=O) groups excluding carboxylic acids is 1. The molecule has 0 bridgehead atoms. The molecular formula is C14H13BrClNO2. The first-order valence-corrected chi connectivity index (χ1v) is 7.05. The van der Waals surface area contributed by atoms with Crippen molar-refractivity contribution in [2.24, 2.45) is 0 Å². The molecule has 0 N–H and O–H groups in total. The van der Waals surface area contributed by atoms with E-state index in [1.165, 1.54) is 6.26 Å². The summed E-state index contributed by atoms with van der Waals surface area (Å²) in [5.74, 6) is -0.0666. The van der Waals surface area contributed by atoms with E-state index in [0.29, 0.717) is 28.3 Å². The van der Waals surface area contributed by atoms with Gasteiger partial charge >= 0.3 is 0 Å². The highest BCUT2D eigenvalue weighted by Gasteiger charge is 2.19. The van der Waals surface area contributed by atoms with E-state index in [1.807, 2.05) is 31.2 Å². The van der Waals surface area contributed by atoms with Crippen LogP contribution in [0.25, 0.3) is 0 Å². The summed E-state index contributed by atoms with van der Waals surface area (Å²) in [4.78, 5) is 14.1. The van der Waals surface area contributed by atoms with Gasteiger partial charge < -0.3 is 9.32 Å². The normalized spacial score (nSPS) is 10.5. The van der Waals surface area contributed by atoms with Gasteiger partial charge in [0.15, 0.2) is 4.67 Å². The number of carbonyl (C=O) groups is 1. The Morgan fingerprint density at radius 2 is 2.21 bits per heavy atom. The second-order valence-electron chi connectivity index (χ2n) is 4.06. The molecule has 0 unspecified atom stereocenters. The summed E-state index contributed by atoms with van der Waals surface area (Å²) in [6, 6.07) is 9.17. The molecule has 0 saturated heterocycles. The first-order chi connectivity index (χ1) is 9.11. The highest BCUT2D eigenvalue weighted by Crippen LogP contribution is 2.21. The highest BCUT2D eigenvalue weighted by atomic mass is 79.9. The molecule has 0 aliphatic rings. The SMILES string of the molecule is CCN(Cc1cccc(Cl)c1)C(=O)c1ccoc1Br. The predicted octanol–water partition coefficient (Wildman–Crippen LogP) is 4.36. The average molecular weight is 343 g/mol. The van der Waals surface area contributed by atoms with E-state index in [9.17, 15) is 4.79 Å². The number of benzene rings is 1. The lowest BCUT2D eigenvalue weighted by Gasteiger charge is -2.20. The van der Waals surface area contributed by atoms with Gasteiger partial charge in [-0.05, 0) is 46.6 Å². The third-order valence-corrected chi connectivity index (χ3v) is 3.63. The molecule has 19 heavy (non-hydrogen) atoms. The van der Waals surface area contributed by atoms with Crippen LogP contribution in [0.4, 0.5) is 0 Å². The Balaban J connectivity index is 2.17.